The smallest absolute Gasteiger partial charge is 0.270 e. The highest BCUT2D eigenvalue weighted by Crippen LogP contribution is 2.28. The molecule has 0 spiro atoms. The first-order valence-electron chi connectivity index (χ1n) is 10.5. The van der Waals surface area contributed by atoms with Crippen LogP contribution in [0, 0.1) is 6.92 Å². The molecule has 0 aliphatic rings. The molecule has 3 rings (SSSR count). The molecule has 30 heavy (non-hydrogen) atoms. The number of oxazole rings is 1. The van der Waals surface area contributed by atoms with Crippen LogP contribution in [0.25, 0.3) is 11.1 Å². The van der Waals surface area contributed by atoms with Gasteiger partial charge in [0.15, 0.2) is 5.58 Å². The number of thiazole rings is 1. The van der Waals surface area contributed by atoms with E-state index in [0.717, 1.165) is 54.1 Å². The van der Waals surface area contributed by atoms with Gasteiger partial charge in [-0.3, -0.25) is 4.79 Å². The van der Waals surface area contributed by atoms with Crippen LogP contribution in [-0.2, 0) is 5.75 Å². The van der Waals surface area contributed by atoms with Gasteiger partial charge in [-0.25, -0.2) is 9.97 Å². The van der Waals surface area contributed by atoms with Crippen molar-refractivity contribution in [3.63, 3.8) is 0 Å². The number of carbonyl (C=O) groups excluding carboxylic acids is 1. The van der Waals surface area contributed by atoms with E-state index in [4.69, 9.17) is 4.42 Å². The Kier molecular flexibility index (Phi) is 8.30. The van der Waals surface area contributed by atoms with Crippen LogP contribution in [0.2, 0.25) is 0 Å². The third kappa shape index (κ3) is 6.06. The Balaban J connectivity index is 1.47. The number of benzene rings is 1. The van der Waals surface area contributed by atoms with E-state index in [0.29, 0.717) is 16.7 Å². The lowest BCUT2D eigenvalue weighted by molar-refractivity contribution is 0.0932. The predicted octanol–water partition coefficient (Wildman–Crippen LogP) is 5.13. The number of thioether (sulfide) groups is 1. The third-order valence-electron chi connectivity index (χ3n) is 5.09. The zero-order valence-electron chi connectivity index (χ0n) is 18.1. The van der Waals surface area contributed by atoms with Crippen LogP contribution in [0.5, 0.6) is 0 Å². The standard InChI is InChI=1S/C22H30N4O2S2/c1-5-26(6-2)12-8-10-16(4)23-21(27)17-13-29-19(24-17)14-30-22-25-20-15(3)9-7-11-18(20)28-22/h7,9,11,13,16H,5-6,8,10,12,14H2,1-4H3,(H,23,27). The summed E-state index contributed by atoms with van der Waals surface area (Å²) in [6.45, 7) is 11.6. The van der Waals surface area contributed by atoms with E-state index in [-0.39, 0.29) is 11.9 Å². The molecule has 8 heteroatoms. The monoisotopic (exact) mass is 446 g/mol. The van der Waals surface area contributed by atoms with Gasteiger partial charge in [0.05, 0.1) is 5.75 Å². The number of aryl methyl sites for hydroxylation is 1. The molecule has 2 heterocycles. The number of rotatable bonds is 11. The normalized spacial score (nSPS) is 12.6. The molecule has 0 saturated carbocycles. The van der Waals surface area contributed by atoms with Crippen molar-refractivity contribution in [2.45, 2.75) is 57.6 Å². The minimum Gasteiger partial charge on any atom is -0.431 e. The molecule has 2 aromatic heterocycles. The number of aromatic nitrogens is 2. The molecule has 3 aromatic rings. The first-order valence-corrected chi connectivity index (χ1v) is 12.3. The molecule has 6 nitrogen and oxygen atoms in total. The quantitative estimate of drug-likeness (QED) is 0.412. The number of hydrogen-bond acceptors (Lipinski definition) is 7. The Bertz CT molecular complexity index is 965. The lowest BCUT2D eigenvalue weighted by atomic mass is 10.1. The summed E-state index contributed by atoms with van der Waals surface area (Å²) in [5, 5.41) is 6.40. The van der Waals surface area contributed by atoms with Crippen LogP contribution in [0.3, 0.4) is 0 Å². The number of amides is 1. The molecule has 1 atom stereocenters. The molecule has 162 valence electrons. The summed E-state index contributed by atoms with van der Waals surface area (Å²) in [4.78, 5) is 23.9. The molecule has 1 unspecified atom stereocenters. The molecule has 0 bridgehead atoms. The molecule has 1 aromatic carbocycles. The van der Waals surface area contributed by atoms with Gasteiger partial charge in [0.2, 0.25) is 0 Å². The van der Waals surface area contributed by atoms with Crippen molar-refractivity contribution in [1.29, 1.82) is 0 Å². The highest BCUT2D eigenvalue weighted by molar-refractivity contribution is 7.98. The van der Waals surface area contributed by atoms with Crippen LogP contribution in [0.1, 0.15) is 54.7 Å². The maximum absolute atomic E-state index is 12.5. The number of hydrogen-bond donors (Lipinski definition) is 1. The van der Waals surface area contributed by atoms with Crippen molar-refractivity contribution in [3.05, 3.63) is 39.8 Å². The molecule has 0 fully saturated rings. The first kappa shape index (κ1) is 22.8. The van der Waals surface area contributed by atoms with Gasteiger partial charge in [0, 0.05) is 11.4 Å². The number of para-hydroxylation sites is 1. The zero-order chi connectivity index (χ0) is 21.5. The summed E-state index contributed by atoms with van der Waals surface area (Å²) >= 11 is 2.99. The second-order valence-corrected chi connectivity index (χ2v) is 9.23. The minimum absolute atomic E-state index is 0.102. The SMILES string of the molecule is CCN(CC)CCCC(C)NC(=O)c1csc(CSc2nc3c(C)cccc3o2)n1. The van der Waals surface area contributed by atoms with Gasteiger partial charge in [0.25, 0.3) is 11.1 Å². The summed E-state index contributed by atoms with van der Waals surface area (Å²) in [6.07, 6.45) is 2.04. The lowest BCUT2D eigenvalue weighted by Gasteiger charge is -2.19. The molecule has 0 saturated heterocycles. The number of carbonyl (C=O) groups is 1. The van der Waals surface area contributed by atoms with Crippen LogP contribution in [0.15, 0.2) is 33.2 Å². The predicted molar refractivity (Wildman–Crippen MR) is 124 cm³/mol. The maximum Gasteiger partial charge on any atom is 0.270 e. The fourth-order valence-electron chi connectivity index (χ4n) is 3.26. The van der Waals surface area contributed by atoms with Crippen LogP contribution in [0.4, 0.5) is 0 Å². The van der Waals surface area contributed by atoms with Crippen molar-refractivity contribution in [2.75, 3.05) is 19.6 Å². The summed E-state index contributed by atoms with van der Waals surface area (Å²) in [5.74, 6) is 0.527. The van der Waals surface area contributed by atoms with Gasteiger partial charge in [-0.05, 0) is 58.0 Å². The zero-order valence-corrected chi connectivity index (χ0v) is 19.7. The average Bonchev–Trinajstić information content (AvgIpc) is 3.37. The van der Waals surface area contributed by atoms with Crippen molar-refractivity contribution in [2.24, 2.45) is 0 Å². The first-order chi connectivity index (χ1) is 14.5. The number of nitrogens with zero attached hydrogens (tertiary/aromatic N) is 3. The van der Waals surface area contributed by atoms with Gasteiger partial charge in [-0.15, -0.1) is 11.3 Å². The fourth-order valence-corrected chi connectivity index (χ4v) is 4.89. The van der Waals surface area contributed by atoms with Gasteiger partial charge in [0.1, 0.15) is 16.2 Å². The molecule has 0 radical (unpaired) electrons. The summed E-state index contributed by atoms with van der Waals surface area (Å²) in [5.41, 5.74) is 3.28. The second-order valence-electron chi connectivity index (χ2n) is 7.36. The minimum atomic E-state index is -0.102. The van der Waals surface area contributed by atoms with Gasteiger partial charge in [-0.1, -0.05) is 37.7 Å². The van der Waals surface area contributed by atoms with E-state index < -0.39 is 0 Å². The van der Waals surface area contributed by atoms with Crippen molar-refractivity contribution in [3.8, 4) is 0 Å². The van der Waals surface area contributed by atoms with E-state index in [1.165, 1.54) is 23.1 Å². The molecule has 1 N–H and O–H groups in total. The van der Waals surface area contributed by atoms with Crippen LogP contribution < -0.4 is 5.32 Å². The van der Waals surface area contributed by atoms with E-state index in [1.54, 1.807) is 0 Å². The average molecular weight is 447 g/mol. The van der Waals surface area contributed by atoms with Crippen molar-refractivity contribution < 1.29 is 9.21 Å². The van der Waals surface area contributed by atoms with Crippen molar-refractivity contribution >= 4 is 40.1 Å². The second kappa shape index (κ2) is 10.9. The lowest BCUT2D eigenvalue weighted by Crippen LogP contribution is -2.33. The Hall–Kier alpha value is -1.90. The Morgan fingerprint density at radius 1 is 1.30 bits per heavy atom. The Labute approximate surface area is 186 Å². The summed E-state index contributed by atoms with van der Waals surface area (Å²) in [7, 11) is 0. The molecule has 1 amide bonds. The van der Waals surface area contributed by atoms with Crippen LogP contribution in [-0.4, -0.2) is 46.5 Å². The molecule has 0 aliphatic carbocycles. The Morgan fingerprint density at radius 3 is 2.83 bits per heavy atom. The maximum atomic E-state index is 12.5. The number of fused-ring (bicyclic) bond motifs is 1. The molecular weight excluding hydrogens is 416 g/mol. The Morgan fingerprint density at radius 2 is 2.10 bits per heavy atom. The number of nitrogens with one attached hydrogen (secondary N) is 1. The highest BCUT2D eigenvalue weighted by atomic mass is 32.2. The van der Waals surface area contributed by atoms with Crippen LogP contribution >= 0.6 is 23.1 Å². The van der Waals surface area contributed by atoms with Gasteiger partial charge >= 0.3 is 0 Å². The van der Waals surface area contributed by atoms with E-state index >= 15 is 0 Å². The van der Waals surface area contributed by atoms with E-state index in [9.17, 15) is 4.79 Å². The molecular formula is C22H30N4O2S2. The topological polar surface area (TPSA) is 71.3 Å². The van der Waals surface area contributed by atoms with Gasteiger partial charge in [-0.2, -0.15) is 0 Å². The highest BCUT2D eigenvalue weighted by Gasteiger charge is 2.15. The molecule has 0 aliphatic heterocycles. The largest absolute Gasteiger partial charge is 0.431 e. The van der Waals surface area contributed by atoms with E-state index in [2.05, 4.69) is 41.0 Å². The van der Waals surface area contributed by atoms with E-state index in [1.807, 2.05) is 30.5 Å². The summed E-state index contributed by atoms with van der Waals surface area (Å²) < 4.78 is 5.79. The van der Waals surface area contributed by atoms with Gasteiger partial charge < -0.3 is 14.6 Å². The summed E-state index contributed by atoms with van der Waals surface area (Å²) in [6, 6.07) is 6.05. The van der Waals surface area contributed by atoms with Crippen molar-refractivity contribution in [1.82, 2.24) is 20.2 Å². The fraction of sp³-hybridized carbons (Fsp3) is 0.500. The third-order valence-corrected chi connectivity index (χ3v) is 6.96.